The zero-order valence-corrected chi connectivity index (χ0v) is 11.8. The summed E-state index contributed by atoms with van der Waals surface area (Å²) in [6.45, 7) is 6.21. The Bertz CT molecular complexity index is 257. The van der Waals surface area contributed by atoms with E-state index in [2.05, 4.69) is 23.8 Å². The largest absolute Gasteiger partial charge is 2.00 e. The molecule has 0 spiro atoms. The van der Waals surface area contributed by atoms with Crippen LogP contribution in [-0.2, 0) is 12.8 Å². The van der Waals surface area contributed by atoms with Crippen molar-refractivity contribution < 1.29 is 24.8 Å². The average molecular weight is 245 g/mol. The molecular weight excluding hydrogens is 231 g/mol. The Balaban J connectivity index is -0.000000403. The van der Waals surface area contributed by atoms with Crippen LogP contribution < -0.4 is 24.8 Å². The number of hydrogen-bond donors (Lipinski definition) is 0. The Morgan fingerprint density at radius 3 is 2.07 bits per heavy atom. The SMILES string of the molecule is CCc1cnc(CC)c(C)n1.[Cl-].[Cl-].[Mg+2]. The average Bonchev–Trinajstić information content (AvgIpc) is 2.04. The number of nitrogens with zero attached hydrogens (tertiary/aromatic N) is 2. The number of rotatable bonds is 2. The summed E-state index contributed by atoms with van der Waals surface area (Å²) in [7, 11) is 0. The molecule has 76 valence electrons. The standard InChI is InChI=1S/C9H14N2.2ClH.Mg/c1-4-8-6-10-9(5-2)7(3)11-8;;;/h6H,4-5H2,1-3H3;2*1H;/q;;;+2/p-2. The van der Waals surface area contributed by atoms with Crippen LogP contribution in [0.5, 0.6) is 0 Å². The second-order valence-electron chi connectivity index (χ2n) is 2.60. The van der Waals surface area contributed by atoms with Crippen molar-refractivity contribution in [2.45, 2.75) is 33.6 Å². The molecule has 1 rings (SSSR count). The van der Waals surface area contributed by atoms with Gasteiger partial charge in [-0.25, -0.2) is 0 Å². The molecule has 0 atom stereocenters. The first-order valence-electron chi connectivity index (χ1n) is 4.09. The smallest absolute Gasteiger partial charge is 1.00 e. The predicted molar refractivity (Wildman–Crippen MR) is 51.3 cm³/mol. The molecule has 14 heavy (non-hydrogen) atoms. The molecule has 0 aliphatic carbocycles. The van der Waals surface area contributed by atoms with E-state index in [1.54, 1.807) is 0 Å². The molecule has 2 nitrogen and oxygen atoms in total. The minimum absolute atomic E-state index is 0. The summed E-state index contributed by atoms with van der Waals surface area (Å²) in [6, 6.07) is 0. The molecule has 0 radical (unpaired) electrons. The predicted octanol–water partition coefficient (Wildman–Crippen LogP) is -4.46. The number of hydrogen-bond acceptors (Lipinski definition) is 2. The monoisotopic (exact) mass is 244 g/mol. The third-order valence-electron chi connectivity index (χ3n) is 1.80. The molecular formula is C9H14Cl2MgN2. The fourth-order valence-electron chi connectivity index (χ4n) is 1.07. The fourth-order valence-corrected chi connectivity index (χ4v) is 1.07. The molecule has 0 fully saturated rings. The van der Waals surface area contributed by atoms with Gasteiger partial charge in [0.1, 0.15) is 0 Å². The van der Waals surface area contributed by atoms with Gasteiger partial charge in [-0.15, -0.1) is 0 Å². The molecule has 0 N–H and O–H groups in total. The van der Waals surface area contributed by atoms with Crippen molar-refractivity contribution in [3.63, 3.8) is 0 Å². The van der Waals surface area contributed by atoms with Crippen LogP contribution in [0.1, 0.15) is 30.9 Å². The molecule has 0 bridgehead atoms. The van der Waals surface area contributed by atoms with Gasteiger partial charge in [-0.3, -0.25) is 9.97 Å². The maximum absolute atomic E-state index is 4.40. The zero-order valence-electron chi connectivity index (χ0n) is 8.85. The van der Waals surface area contributed by atoms with Crippen LogP contribution in [0, 0.1) is 6.92 Å². The van der Waals surface area contributed by atoms with Crippen LogP contribution >= 0.6 is 0 Å². The molecule has 0 aliphatic rings. The van der Waals surface area contributed by atoms with Gasteiger partial charge in [-0.1, -0.05) is 13.8 Å². The van der Waals surface area contributed by atoms with Gasteiger partial charge in [0.15, 0.2) is 0 Å². The zero-order chi connectivity index (χ0) is 8.27. The number of aryl methyl sites for hydroxylation is 3. The number of halogens is 2. The summed E-state index contributed by atoms with van der Waals surface area (Å²) < 4.78 is 0. The van der Waals surface area contributed by atoms with E-state index in [1.165, 1.54) is 0 Å². The molecule has 0 saturated heterocycles. The quantitative estimate of drug-likeness (QED) is 0.491. The van der Waals surface area contributed by atoms with Gasteiger partial charge in [-0.2, -0.15) is 0 Å². The molecule has 1 aromatic rings. The van der Waals surface area contributed by atoms with E-state index in [-0.39, 0.29) is 47.9 Å². The maximum Gasteiger partial charge on any atom is 2.00 e. The van der Waals surface area contributed by atoms with E-state index in [1.807, 2.05) is 13.1 Å². The van der Waals surface area contributed by atoms with Crippen LogP contribution in [0.25, 0.3) is 0 Å². The van der Waals surface area contributed by atoms with Gasteiger partial charge < -0.3 is 24.8 Å². The van der Waals surface area contributed by atoms with Gasteiger partial charge in [-0.05, 0) is 19.8 Å². The topological polar surface area (TPSA) is 25.8 Å². The van der Waals surface area contributed by atoms with Gasteiger partial charge in [0.2, 0.25) is 0 Å². The van der Waals surface area contributed by atoms with Crippen molar-refractivity contribution in [3.05, 3.63) is 23.3 Å². The molecule has 0 aliphatic heterocycles. The van der Waals surface area contributed by atoms with Crippen molar-refractivity contribution >= 4 is 23.1 Å². The molecule has 1 aromatic heterocycles. The van der Waals surface area contributed by atoms with Crippen molar-refractivity contribution in [1.82, 2.24) is 9.97 Å². The minimum Gasteiger partial charge on any atom is -1.00 e. The van der Waals surface area contributed by atoms with Crippen LogP contribution in [0.3, 0.4) is 0 Å². The summed E-state index contributed by atoms with van der Waals surface area (Å²) in [5.41, 5.74) is 3.27. The van der Waals surface area contributed by atoms with E-state index in [9.17, 15) is 0 Å². The Morgan fingerprint density at radius 1 is 1.14 bits per heavy atom. The summed E-state index contributed by atoms with van der Waals surface area (Å²) in [4.78, 5) is 8.70. The Hall–Kier alpha value is 0.426. The second kappa shape index (κ2) is 9.96. The van der Waals surface area contributed by atoms with Gasteiger partial charge >= 0.3 is 23.1 Å². The molecule has 0 saturated carbocycles. The molecule has 0 aromatic carbocycles. The molecule has 1 heterocycles. The second-order valence-corrected chi connectivity index (χ2v) is 2.60. The van der Waals surface area contributed by atoms with Gasteiger partial charge in [0.05, 0.1) is 17.1 Å². The molecule has 0 amide bonds. The molecule has 0 unspecified atom stereocenters. The first-order chi connectivity index (χ1) is 5.27. The minimum atomic E-state index is 0. The van der Waals surface area contributed by atoms with Crippen LogP contribution in [-0.4, -0.2) is 33.0 Å². The van der Waals surface area contributed by atoms with Gasteiger partial charge in [0, 0.05) is 6.20 Å². The first-order valence-corrected chi connectivity index (χ1v) is 4.09. The summed E-state index contributed by atoms with van der Waals surface area (Å²) in [5.74, 6) is 0. The molecule has 5 heteroatoms. The van der Waals surface area contributed by atoms with E-state index >= 15 is 0 Å². The Labute approximate surface area is 114 Å². The Kier molecular flexibility index (Phi) is 14.2. The third-order valence-corrected chi connectivity index (χ3v) is 1.80. The normalized spacial score (nSPS) is 7.93. The first kappa shape index (κ1) is 19.9. The van der Waals surface area contributed by atoms with Crippen molar-refractivity contribution in [2.24, 2.45) is 0 Å². The Morgan fingerprint density at radius 2 is 1.71 bits per heavy atom. The van der Waals surface area contributed by atoms with Crippen LogP contribution in [0.15, 0.2) is 6.20 Å². The van der Waals surface area contributed by atoms with E-state index < -0.39 is 0 Å². The number of aromatic nitrogens is 2. The maximum atomic E-state index is 4.40. The van der Waals surface area contributed by atoms with E-state index in [0.717, 1.165) is 29.9 Å². The van der Waals surface area contributed by atoms with Crippen molar-refractivity contribution in [3.8, 4) is 0 Å². The summed E-state index contributed by atoms with van der Waals surface area (Å²) in [6.07, 6.45) is 3.81. The van der Waals surface area contributed by atoms with Crippen LogP contribution in [0.4, 0.5) is 0 Å². The van der Waals surface area contributed by atoms with Gasteiger partial charge in [0.25, 0.3) is 0 Å². The third kappa shape index (κ3) is 5.34. The van der Waals surface area contributed by atoms with Crippen molar-refractivity contribution in [1.29, 1.82) is 0 Å². The fraction of sp³-hybridized carbons (Fsp3) is 0.556. The van der Waals surface area contributed by atoms with E-state index in [4.69, 9.17) is 0 Å². The van der Waals surface area contributed by atoms with E-state index in [0.29, 0.717) is 0 Å². The summed E-state index contributed by atoms with van der Waals surface area (Å²) >= 11 is 0. The van der Waals surface area contributed by atoms with Crippen LogP contribution in [0.2, 0.25) is 0 Å². The van der Waals surface area contributed by atoms with Crippen molar-refractivity contribution in [2.75, 3.05) is 0 Å². The summed E-state index contributed by atoms with van der Waals surface area (Å²) in [5, 5.41) is 0.